The van der Waals surface area contributed by atoms with Crippen LogP contribution in [-0.4, -0.2) is 28.0 Å². The summed E-state index contributed by atoms with van der Waals surface area (Å²) in [7, 11) is 0. The molecule has 0 spiro atoms. The molecule has 1 heterocycles. The first kappa shape index (κ1) is 17.6. The van der Waals surface area contributed by atoms with E-state index in [4.69, 9.17) is 10.8 Å². The number of nitrogens with zero attached hydrogens (tertiary/aromatic N) is 1. The summed E-state index contributed by atoms with van der Waals surface area (Å²) in [4.78, 5) is 26.8. The average molecular weight is 313 g/mol. The number of thiazole rings is 1. The van der Waals surface area contributed by atoms with Crippen molar-refractivity contribution in [1.82, 2.24) is 10.3 Å². The Bertz CT molecular complexity index is 488. The van der Waals surface area contributed by atoms with Gasteiger partial charge in [-0.1, -0.05) is 13.3 Å². The van der Waals surface area contributed by atoms with E-state index in [1.54, 1.807) is 6.92 Å². The van der Waals surface area contributed by atoms with Gasteiger partial charge in [-0.2, -0.15) is 0 Å². The molecule has 0 aliphatic heterocycles. The van der Waals surface area contributed by atoms with Crippen LogP contribution in [-0.2, 0) is 4.79 Å². The second-order valence-corrected chi connectivity index (χ2v) is 6.31. The quantitative estimate of drug-likeness (QED) is 0.682. The van der Waals surface area contributed by atoms with Crippen LogP contribution in [0.2, 0.25) is 0 Å². The molecule has 0 aliphatic rings. The molecule has 7 heteroatoms. The zero-order chi connectivity index (χ0) is 16.0. The summed E-state index contributed by atoms with van der Waals surface area (Å²) >= 11 is 1.24. The van der Waals surface area contributed by atoms with Crippen molar-refractivity contribution in [3.05, 3.63) is 16.1 Å². The predicted molar refractivity (Wildman–Crippen MR) is 82.3 cm³/mol. The van der Waals surface area contributed by atoms with Crippen LogP contribution in [0.15, 0.2) is 5.38 Å². The Morgan fingerprint density at radius 2 is 2.05 bits per heavy atom. The number of carboxylic acids is 1. The predicted octanol–water partition coefficient (Wildman–Crippen LogP) is 2.17. The molecule has 4 N–H and O–H groups in total. The molecule has 3 atom stereocenters. The Labute approximate surface area is 128 Å². The number of carbonyl (C=O) groups excluding carboxylic acids is 1. The van der Waals surface area contributed by atoms with Crippen LogP contribution >= 0.6 is 11.3 Å². The lowest BCUT2D eigenvalue weighted by molar-refractivity contribution is -0.125. The fourth-order valence-electron chi connectivity index (χ4n) is 1.88. The number of carbonyl (C=O) groups is 2. The van der Waals surface area contributed by atoms with Crippen molar-refractivity contribution < 1.29 is 14.7 Å². The summed E-state index contributed by atoms with van der Waals surface area (Å²) in [6.07, 6.45) is 2.61. The third-order valence-corrected chi connectivity index (χ3v) is 4.24. The zero-order valence-corrected chi connectivity index (χ0v) is 13.4. The van der Waals surface area contributed by atoms with Gasteiger partial charge in [0.25, 0.3) is 0 Å². The molecule has 6 nitrogen and oxygen atoms in total. The highest BCUT2D eigenvalue weighted by molar-refractivity contribution is 7.09. The van der Waals surface area contributed by atoms with E-state index in [9.17, 15) is 9.59 Å². The number of nitrogens with two attached hydrogens (primary N) is 1. The van der Waals surface area contributed by atoms with Gasteiger partial charge in [0.15, 0.2) is 5.69 Å². The highest BCUT2D eigenvalue weighted by atomic mass is 32.1. The minimum absolute atomic E-state index is 0.0149. The summed E-state index contributed by atoms with van der Waals surface area (Å²) in [5.41, 5.74) is 5.70. The molecular formula is C14H23N3O3S. The molecule has 0 bridgehead atoms. The molecule has 118 valence electrons. The molecular weight excluding hydrogens is 290 g/mol. The monoisotopic (exact) mass is 313 g/mol. The normalized spacial score (nSPS) is 15.2. The van der Waals surface area contributed by atoms with Crippen LogP contribution in [0.1, 0.15) is 61.6 Å². The van der Waals surface area contributed by atoms with E-state index in [1.165, 1.54) is 16.7 Å². The Morgan fingerprint density at radius 1 is 1.38 bits per heavy atom. The second kappa shape index (κ2) is 8.09. The highest BCUT2D eigenvalue weighted by Crippen LogP contribution is 2.19. The number of hydrogen-bond donors (Lipinski definition) is 3. The molecule has 0 saturated heterocycles. The van der Waals surface area contributed by atoms with Gasteiger partial charge in [-0.15, -0.1) is 11.3 Å². The lowest BCUT2D eigenvalue weighted by Gasteiger charge is -2.16. The molecule has 21 heavy (non-hydrogen) atoms. The van der Waals surface area contributed by atoms with Crippen LogP contribution < -0.4 is 11.1 Å². The van der Waals surface area contributed by atoms with Gasteiger partial charge < -0.3 is 16.2 Å². The van der Waals surface area contributed by atoms with Crippen LogP contribution in [0.4, 0.5) is 0 Å². The maximum atomic E-state index is 12.1. The third kappa shape index (κ3) is 5.81. The maximum absolute atomic E-state index is 12.1. The Hall–Kier alpha value is -1.47. The van der Waals surface area contributed by atoms with Gasteiger partial charge in [0, 0.05) is 17.3 Å². The molecule has 0 fully saturated rings. The van der Waals surface area contributed by atoms with Gasteiger partial charge in [-0.05, 0) is 26.7 Å². The smallest absolute Gasteiger partial charge is 0.355 e. The number of rotatable bonds is 8. The fourth-order valence-corrected chi connectivity index (χ4v) is 2.68. The molecule has 0 radical (unpaired) electrons. The summed E-state index contributed by atoms with van der Waals surface area (Å²) in [6.45, 7) is 5.64. The van der Waals surface area contributed by atoms with Crippen molar-refractivity contribution >= 4 is 23.2 Å². The minimum atomic E-state index is -1.06. The van der Waals surface area contributed by atoms with Gasteiger partial charge in [0.1, 0.15) is 5.01 Å². The first-order chi connectivity index (χ1) is 9.81. The molecule has 1 aromatic rings. The van der Waals surface area contributed by atoms with E-state index in [2.05, 4.69) is 10.3 Å². The number of amides is 1. The maximum Gasteiger partial charge on any atom is 0.355 e. The van der Waals surface area contributed by atoms with Crippen molar-refractivity contribution in [3.63, 3.8) is 0 Å². The van der Waals surface area contributed by atoms with Crippen molar-refractivity contribution in [2.75, 3.05) is 0 Å². The van der Waals surface area contributed by atoms with Gasteiger partial charge in [-0.3, -0.25) is 4.79 Å². The minimum Gasteiger partial charge on any atom is -0.476 e. The Kier molecular flexibility index (Phi) is 6.77. The average Bonchev–Trinajstić information content (AvgIpc) is 2.87. The molecule has 1 rings (SSSR count). The number of hydrogen-bond acceptors (Lipinski definition) is 5. The van der Waals surface area contributed by atoms with E-state index in [0.717, 1.165) is 19.3 Å². The molecule has 0 saturated carbocycles. The van der Waals surface area contributed by atoms with Crippen LogP contribution in [0.5, 0.6) is 0 Å². The van der Waals surface area contributed by atoms with E-state index in [-0.39, 0.29) is 29.6 Å². The molecule has 1 aromatic heterocycles. The van der Waals surface area contributed by atoms with E-state index >= 15 is 0 Å². The van der Waals surface area contributed by atoms with E-state index in [1.807, 2.05) is 13.8 Å². The van der Waals surface area contributed by atoms with Crippen LogP contribution in [0.3, 0.4) is 0 Å². The fraction of sp³-hybridized carbons (Fsp3) is 0.643. The first-order valence-electron chi connectivity index (χ1n) is 7.06. The molecule has 3 unspecified atom stereocenters. The number of aromatic carboxylic acids is 1. The highest BCUT2D eigenvalue weighted by Gasteiger charge is 2.19. The van der Waals surface area contributed by atoms with Crippen molar-refractivity contribution in [2.45, 2.75) is 52.1 Å². The lowest BCUT2D eigenvalue weighted by atomic mass is 10.0. The molecule has 1 amide bonds. The summed E-state index contributed by atoms with van der Waals surface area (Å²) in [5.74, 6) is -1.19. The molecule has 0 aromatic carbocycles. The SMILES string of the molecule is CC(N)CCCC(C)C(=O)NC(C)c1nc(C(=O)O)cs1. The summed E-state index contributed by atoms with van der Waals surface area (Å²) < 4.78 is 0. The number of nitrogens with one attached hydrogen (secondary N) is 1. The van der Waals surface area contributed by atoms with Crippen LogP contribution in [0.25, 0.3) is 0 Å². The number of aromatic nitrogens is 1. The largest absolute Gasteiger partial charge is 0.476 e. The van der Waals surface area contributed by atoms with Gasteiger partial charge >= 0.3 is 5.97 Å². The summed E-state index contributed by atoms with van der Waals surface area (Å²) in [6, 6.07) is -0.129. The third-order valence-electron chi connectivity index (χ3n) is 3.21. The summed E-state index contributed by atoms with van der Waals surface area (Å²) in [5, 5.41) is 13.8. The topological polar surface area (TPSA) is 105 Å². The van der Waals surface area contributed by atoms with E-state index < -0.39 is 5.97 Å². The second-order valence-electron chi connectivity index (χ2n) is 5.42. The first-order valence-corrected chi connectivity index (χ1v) is 7.94. The van der Waals surface area contributed by atoms with Gasteiger partial charge in [0.2, 0.25) is 5.91 Å². The molecule has 0 aliphatic carbocycles. The zero-order valence-electron chi connectivity index (χ0n) is 12.6. The standard InChI is InChI=1S/C14H23N3O3S/c1-8(5-4-6-9(2)15)12(18)16-10(3)13-17-11(7-21-13)14(19)20/h7-10H,4-6,15H2,1-3H3,(H,16,18)(H,19,20). The van der Waals surface area contributed by atoms with E-state index in [0.29, 0.717) is 5.01 Å². The lowest BCUT2D eigenvalue weighted by Crippen LogP contribution is -2.31. The Balaban J connectivity index is 2.47. The van der Waals surface area contributed by atoms with Gasteiger partial charge in [-0.25, -0.2) is 9.78 Å². The van der Waals surface area contributed by atoms with Crippen molar-refractivity contribution in [3.8, 4) is 0 Å². The van der Waals surface area contributed by atoms with Crippen molar-refractivity contribution in [2.24, 2.45) is 11.7 Å². The van der Waals surface area contributed by atoms with Gasteiger partial charge in [0.05, 0.1) is 6.04 Å². The van der Waals surface area contributed by atoms with Crippen LogP contribution in [0, 0.1) is 5.92 Å². The van der Waals surface area contributed by atoms with Crippen molar-refractivity contribution in [1.29, 1.82) is 0 Å². The Morgan fingerprint density at radius 3 is 2.57 bits per heavy atom. The number of carboxylic acid groups (broad SMARTS) is 1.